The van der Waals surface area contributed by atoms with Crippen LogP contribution >= 0.6 is 11.6 Å². The summed E-state index contributed by atoms with van der Waals surface area (Å²) in [6.07, 6.45) is 6.88. The summed E-state index contributed by atoms with van der Waals surface area (Å²) in [7, 11) is 0. The molecule has 1 aliphatic heterocycles. The number of anilines is 1. The second kappa shape index (κ2) is 5.88. The Labute approximate surface area is 154 Å². The zero-order valence-corrected chi connectivity index (χ0v) is 14.6. The molecule has 129 valence electrons. The number of pyridine rings is 1. The summed E-state index contributed by atoms with van der Waals surface area (Å²) in [6, 6.07) is 11.4. The number of hydrogen-bond acceptors (Lipinski definition) is 4. The topological polar surface area (TPSA) is 50.8 Å². The Kier molecular flexibility index (Phi) is 3.50. The summed E-state index contributed by atoms with van der Waals surface area (Å²) < 4.78 is 7.40. The number of nitrogens with zero attached hydrogens (tertiary/aromatic N) is 3. The summed E-state index contributed by atoms with van der Waals surface area (Å²) in [4.78, 5) is 19.3. The van der Waals surface area contributed by atoms with Gasteiger partial charge >= 0.3 is 5.63 Å². The number of aromatic nitrogens is 2. The highest BCUT2D eigenvalue weighted by Gasteiger charge is 2.15. The van der Waals surface area contributed by atoms with Crippen LogP contribution in [0.5, 0.6) is 0 Å². The highest BCUT2D eigenvalue weighted by molar-refractivity contribution is 6.30. The Morgan fingerprint density at radius 2 is 2.04 bits per heavy atom. The first-order valence-electron chi connectivity index (χ1n) is 8.46. The first kappa shape index (κ1) is 15.5. The molecule has 3 aromatic heterocycles. The van der Waals surface area contributed by atoms with Crippen molar-refractivity contribution >= 4 is 33.9 Å². The van der Waals surface area contributed by atoms with Gasteiger partial charge < -0.3 is 13.7 Å². The van der Waals surface area contributed by atoms with Gasteiger partial charge in [-0.3, -0.25) is 0 Å². The SMILES string of the molecule is O=c1oc2cc(N3C[CH]CC3)ccc2cc1-c1cn2cc(Cl)ccc2n1. The molecule has 0 atom stereocenters. The second-order valence-corrected chi connectivity index (χ2v) is 6.87. The molecule has 0 unspecified atom stereocenters. The summed E-state index contributed by atoms with van der Waals surface area (Å²) in [6.45, 7) is 1.93. The minimum atomic E-state index is -0.392. The molecular weight excluding hydrogens is 350 g/mol. The van der Waals surface area contributed by atoms with Crippen molar-refractivity contribution in [2.45, 2.75) is 6.42 Å². The van der Waals surface area contributed by atoms with Gasteiger partial charge in [0.1, 0.15) is 11.2 Å². The van der Waals surface area contributed by atoms with E-state index in [0.29, 0.717) is 21.9 Å². The summed E-state index contributed by atoms with van der Waals surface area (Å²) in [5.74, 6) is 0. The zero-order chi connectivity index (χ0) is 17.7. The molecule has 1 saturated heterocycles. The first-order valence-corrected chi connectivity index (χ1v) is 8.84. The van der Waals surface area contributed by atoms with Crippen molar-refractivity contribution in [1.29, 1.82) is 0 Å². The molecule has 4 aromatic rings. The molecule has 6 heteroatoms. The van der Waals surface area contributed by atoms with E-state index in [1.54, 1.807) is 22.9 Å². The lowest BCUT2D eigenvalue weighted by atomic mass is 10.1. The van der Waals surface area contributed by atoms with Crippen molar-refractivity contribution in [3.05, 3.63) is 70.7 Å². The van der Waals surface area contributed by atoms with Crippen molar-refractivity contribution in [2.75, 3.05) is 18.0 Å². The van der Waals surface area contributed by atoms with Gasteiger partial charge in [0, 0.05) is 42.6 Å². The van der Waals surface area contributed by atoms with Crippen LogP contribution in [0.2, 0.25) is 5.02 Å². The summed E-state index contributed by atoms with van der Waals surface area (Å²) in [5, 5.41) is 1.49. The van der Waals surface area contributed by atoms with Crippen molar-refractivity contribution in [2.24, 2.45) is 0 Å². The normalized spacial score (nSPS) is 14.6. The van der Waals surface area contributed by atoms with Gasteiger partial charge in [-0.05, 0) is 43.2 Å². The van der Waals surface area contributed by atoms with E-state index in [4.69, 9.17) is 16.0 Å². The van der Waals surface area contributed by atoms with E-state index < -0.39 is 5.63 Å². The zero-order valence-electron chi connectivity index (χ0n) is 13.9. The number of halogens is 1. The smallest absolute Gasteiger partial charge is 0.345 e. The Morgan fingerprint density at radius 3 is 2.88 bits per heavy atom. The fourth-order valence-corrected chi connectivity index (χ4v) is 3.56. The molecule has 0 spiro atoms. The van der Waals surface area contributed by atoms with E-state index in [0.717, 1.165) is 36.2 Å². The fraction of sp³-hybridized carbons (Fsp3) is 0.150. The van der Waals surface area contributed by atoms with Gasteiger partial charge in [0.25, 0.3) is 0 Å². The average molecular weight is 365 g/mol. The van der Waals surface area contributed by atoms with Gasteiger partial charge in [-0.15, -0.1) is 0 Å². The largest absolute Gasteiger partial charge is 0.422 e. The van der Waals surface area contributed by atoms with Gasteiger partial charge in [0.05, 0.1) is 16.3 Å². The lowest BCUT2D eigenvalue weighted by Gasteiger charge is -2.17. The van der Waals surface area contributed by atoms with Gasteiger partial charge in [-0.25, -0.2) is 9.78 Å². The number of hydrogen-bond donors (Lipinski definition) is 0. The Bertz CT molecular complexity index is 1190. The van der Waals surface area contributed by atoms with Crippen LogP contribution in [0.4, 0.5) is 5.69 Å². The predicted octanol–water partition coefficient (Wildman–Crippen LogP) is 4.18. The number of benzene rings is 1. The molecule has 1 fully saturated rings. The van der Waals surface area contributed by atoms with Crippen molar-refractivity contribution in [3.63, 3.8) is 0 Å². The molecular formula is C20H15ClN3O2. The Hall–Kier alpha value is -2.79. The monoisotopic (exact) mass is 364 g/mol. The molecule has 1 radical (unpaired) electrons. The maximum atomic E-state index is 12.5. The lowest BCUT2D eigenvalue weighted by molar-refractivity contribution is 0.563. The van der Waals surface area contributed by atoms with E-state index in [1.807, 2.05) is 24.3 Å². The maximum absolute atomic E-state index is 12.5. The van der Waals surface area contributed by atoms with E-state index in [2.05, 4.69) is 22.4 Å². The molecule has 5 rings (SSSR count). The Balaban J connectivity index is 1.62. The molecule has 0 bridgehead atoms. The van der Waals surface area contributed by atoms with Crippen LogP contribution < -0.4 is 10.5 Å². The van der Waals surface area contributed by atoms with Crippen molar-refractivity contribution in [3.8, 4) is 11.3 Å². The molecule has 0 N–H and O–H groups in total. The molecule has 0 saturated carbocycles. The lowest BCUT2D eigenvalue weighted by Crippen LogP contribution is -2.17. The van der Waals surface area contributed by atoms with Gasteiger partial charge in [0.2, 0.25) is 0 Å². The van der Waals surface area contributed by atoms with Crippen LogP contribution in [-0.4, -0.2) is 22.5 Å². The molecule has 26 heavy (non-hydrogen) atoms. The minimum Gasteiger partial charge on any atom is -0.422 e. The van der Waals surface area contributed by atoms with Crippen molar-refractivity contribution in [1.82, 2.24) is 9.38 Å². The molecule has 1 aromatic carbocycles. The van der Waals surface area contributed by atoms with Crippen LogP contribution in [0.1, 0.15) is 6.42 Å². The third-order valence-corrected chi connectivity index (χ3v) is 4.95. The van der Waals surface area contributed by atoms with Crippen LogP contribution in [0.25, 0.3) is 27.9 Å². The van der Waals surface area contributed by atoms with Crippen LogP contribution in [0, 0.1) is 6.42 Å². The Morgan fingerprint density at radius 1 is 1.12 bits per heavy atom. The van der Waals surface area contributed by atoms with Crippen LogP contribution in [-0.2, 0) is 0 Å². The summed E-state index contributed by atoms with van der Waals surface area (Å²) >= 11 is 6.02. The molecule has 5 nitrogen and oxygen atoms in total. The van der Waals surface area contributed by atoms with E-state index in [1.165, 1.54) is 0 Å². The van der Waals surface area contributed by atoms with Gasteiger partial charge in [-0.2, -0.15) is 0 Å². The van der Waals surface area contributed by atoms with E-state index in [-0.39, 0.29) is 0 Å². The fourth-order valence-electron chi connectivity index (χ4n) is 3.39. The standard InChI is InChI=1S/C20H15ClN3O2/c21-14-4-6-19-22-17(12-24(19)11-14)16-9-13-3-5-15(23-7-1-2-8-23)10-18(13)26-20(16)25/h1,3-6,9-12H,2,7-8H2. The van der Waals surface area contributed by atoms with Crippen molar-refractivity contribution < 1.29 is 4.42 Å². The van der Waals surface area contributed by atoms with Gasteiger partial charge in [0.15, 0.2) is 0 Å². The highest BCUT2D eigenvalue weighted by Crippen LogP contribution is 2.27. The molecule has 0 amide bonds. The number of imidazole rings is 1. The van der Waals surface area contributed by atoms with E-state index in [9.17, 15) is 4.79 Å². The molecule has 1 aliphatic rings. The third kappa shape index (κ3) is 2.56. The third-order valence-electron chi connectivity index (χ3n) is 4.73. The van der Waals surface area contributed by atoms with Gasteiger partial charge in [-0.1, -0.05) is 11.6 Å². The first-order chi connectivity index (χ1) is 12.7. The van der Waals surface area contributed by atoms with Crippen LogP contribution in [0.3, 0.4) is 0 Å². The molecule has 0 aliphatic carbocycles. The van der Waals surface area contributed by atoms with E-state index >= 15 is 0 Å². The molecule has 4 heterocycles. The maximum Gasteiger partial charge on any atom is 0.345 e. The highest BCUT2D eigenvalue weighted by atomic mass is 35.5. The summed E-state index contributed by atoms with van der Waals surface area (Å²) in [5.41, 5.74) is 3.02. The predicted molar refractivity (Wildman–Crippen MR) is 103 cm³/mol. The second-order valence-electron chi connectivity index (χ2n) is 6.43. The quantitative estimate of drug-likeness (QED) is 0.501. The number of fused-ring (bicyclic) bond motifs is 2. The number of rotatable bonds is 2. The van der Waals surface area contributed by atoms with Crippen LogP contribution in [0.15, 0.2) is 58.0 Å². The average Bonchev–Trinajstić information content (AvgIpc) is 3.30. The minimum absolute atomic E-state index is 0.392.